The second-order valence-electron chi connectivity index (χ2n) is 4.26. The van der Waals surface area contributed by atoms with E-state index in [0.717, 1.165) is 16.9 Å². The summed E-state index contributed by atoms with van der Waals surface area (Å²) in [7, 11) is 0. The van der Waals surface area contributed by atoms with Gasteiger partial charge in [0, 0.05) is 11.6 Å². The minimum Gasteiger partial charge on any atom is -0.457 e. The summed E-state index contributed by atoms with van der Waals surface area (Å²) in [6.45, 7) is 7.51. The number of hydrogen-bond acceptors (Lipinski definition) is 1. The molecule has 2 aromatic rings. The fraction of sp³-hybridized carbons (Fsp3) is 0.125. The van der Waals surface area contributed by atoms with Crippen LogP contribution in [0.3, 0.4) is 0 Å². The Morgan fingerprint density at radius 2 is 1.89 bits per heavy atom. The Labute approximate surface area is 107 Å². The van der Waals surface area contributed by atoms with Crippen LogP contribution in [0.5, 0.6) is 11.5 Å². The van der Waals surface area contributed by atoms with E-state index in [9.17, 15) is 4.39 Å². The second-order valence-corrected chi connectivity index (χ2v) is 4.26. The highest BCUT2D eigenvalue weighted by molar-refractivity contribution is 5.50. The van der Waals surface area contributed by atoms with Crippen molar-refractivity contribution in [3.05, 3.63) is 65.5 Å². The Morgan fingerprint density at radius 1 is 1.11 bits per heavy atom. The maximum absolute atomic E-state index is 13.6. The lowest BCUT2D eigenvalue weighted by Crippen LogP contribution is -1.90. The first-order valence-corrected chi connectivity index (χ1v) is 5.77. The molecule has 0 fully saturated rings. The van der Waals surface area contributed by atoms with Crippen molar-refractivity contribution in [2.24, 2.45) is 0 Å². The van der Waals surface area contributed by atoms with Crippen LogP contribution < -0.4 is 4.74 Å². The molecule has 18 heavy (non-hydrogen) atoms. The van der Waals surface area contributed by atoms with Gasteiger partial charge in [-0.3, -0.25) is 0 Å². The Kier molecular flexibility index (Phi) is 3.47. The van der Waals surface area contributed by atoms with Gasteiger partial charge in [-0.25, -0.2) is 4.39 Å². The predicted molar refractivity (Wildman–Crippen MR) is 72.5 cm³/mol. The average molecular weight is 242 g/mol. The van der Waals surface area contributed by atoms with Crippen LogP contribution in [0.1, 0.15) is 16.7 Å². The van der Waals surface area contributed by atoms with E-state index in [1.54, 1.807) is 12.1 Å². The number of benzene rings is 2. The zero-order valence-electron chi connectivity index (χ0n) is 10.5. The molecule has 2 aromatic carbocycles. The van der Waals surface area contributed by atoms with Gasteiger partial charge >= 0.3 is 0 Å². The van der Waals surface area contributed by atoms with Gasteiger partial charge in [0.1, 0.15) is 17.3 Å². The SMILES string of the molecule is C=Cc1ccc(Oc2cc(C)ccc2C)cc1F. The van der Waals surface area contributed by atoms with Crippen molar-refractivity contribution in [2.75, 3.05) is 0 Å². The van der Waals surface area contributed by atoms with Crippen molar-refractivity contribution in [3.8, 4) is 11.5 Å². The highest BCUT2D eigenvalue weighted by Crippen LogP contribution is 2.27. The van der Waals surface area contributed by atoms with E-state index in [-0.39, 0.29) is 5.82 Å². The van der Waals surface area contributed by atoms with Crippen LogP contribution in [0.2, 0.25) is 0 Å². The van der Waals surface area contributed by atoms with E-state index < -0.39 is 0 Å². The minimum atomic E-state index is -0.326. The molecule has 2 heteroatoms. The van der Waals surface area contributed by atoms with E-state index in [1.165, 1.54) is 12.1 Å². The lowest BCUT2D eigenvalue weighted by molar-refractivity contribution is 0.472. The normalized spacial score (nSPS) is 10.2. The molecule has 0 unspecified atom stereocenters. The van der Waals surface area contributed by atoms with Crippen LogP contribution in [0.25, 0.3) is 6.08 Å². The Bertz CT molecular complexity index is 588. The topological polar surface area (TPSA) is 9.23 Å². The first kappa shape index (κ1) is 12.4. The number of ether oxygens (including phenoxy) is 1. The van der Waals surface area contributed by atoms with Gasteiger partial charge in [-0.2, -0.15) is 0 Å². The molecule has 0 aliphatic heterocycles. The van der Waals surface area contributed by atoms with Crippen molar-refractivity contribution < 1.29 is 9.13 Å². The number of rotatable bonds is 3. The molecule has 0 aliphatic carbocycles. The summed E-state index contributed by atoms with van der Waals surface area (Å²) in [4.78, 5) is 0. The molecule has 92 valence electrons. The molecule has 0 saturated heterocycles. The molecule has 0 bridgehead atoms. The lowest BCUT2D eigenvalue weighted by atomic mass is 10.1. The molecular formula is C16H15FO. The van der Waals surface area contributed by atoms with Gasteiger partial charge in [-0.05, 0) is 43.2 Å². The Hall–Kier alpha value is -2.09. The molecule has 0 N–H and O–H groups in total. The number of halogens is 1. The third-order valence-electron chi connectivity index (χ3n) is 2.76. The second kappa shape index (κ2) is 5.05. The molecule has 2 rings (SSSR count). The van der Waals surface area contributed by atoms with Crippen molar-refractivity contribution >= 4 is 6.08 Å². The molecule has 0 aromatic heterocycles. The lowest BCUT2D eigenvalue weighted by Gasteiger charge is -2.10. The Morgan fingerprint density at radius 3 is 2.56 bits per heavy atom. The molecular weight excluding hydrogens is 227 g/mol. The summed E-state index contributed by atoms with van der Waals surface area (Å²) < 4.78 is 19.3. The largest absolute Gasteiger partial charge is 0.457 e. The quantitative estimate of drug-likeness (QED) is 0.745. The molecule has 0 heterocycles. The molecule has 0 saturated carbocycles. The molecule has 0 radical (unpaired) electrons. The van der Waals surface area contributed by atoms with Crippen LogP contribution in [-0.4, -0.2) is 0 Å². The van der Waals surface area contributed by atoms with Crippen LogP contribution >= 0.6 is 0 Å². The van der Waals surface area contributed by atoms with Crippen molar-refractivity contribution in [3.63, 3.8) is 0 Å². The smallest absolute Gasteiger partial charge is 0.134 e. The van der Waals surface area contributed by atoms with Crippen LogP contribution in [0, 0.1) is 19.7 Å². The zero-order valence-corrected chi connectivity index (χ0v) is 10.5. The van der Waals surface area contributed by atoms with Gasteiger partial charge in [0.05, 0.1) is 0 Å². The number of aryl methyl sites for hydroxylation is 2. The maximum atomic E-state index is 13.6. The maximum Gasteiger partial charge on any atom is 0.134 e. The van der Waals surface area contributed by atoms with Crippen LogP contribution in [0.15, 0.2) is 43.0 Å². The van der Waals surface area contributed by atoms with Crippen molar-refractivity contribution in [1.29, 1.82) is 0 Å². The van der Waals surface area contributed by atoms with Crippen LogP contribution in [0.4, 0.5) is 4.39 Å². The summed E-state index contributed by atoms with van der Waals surface area (Å²) in [5.41, 5.74) is 2.61. The van der Waals surface area contributed by atoms with Crippen molar-refractivity contribution in [2.45, 2.75) is 13.8 Å². The summed E-state index contributed by atoms with van der Waals surface area (Å²) in [6.07, 6.45) is 1.48. The minimum absolute atomic E-state index is 0.326. The summed E-state index contributed by atoms with van der Waals surface area (Å²) >= 11 is 0. The zero-order chi connectivity index (χ0) is 13.1. The van der Waals surface area contributed by atoms with Gasteiger partial charge in [-0.15, -0.1) is 0 Å². The third kappa shape index (κ3) is 2.59. The summed E-state index contributed by atoms with van der Waals surface area (Å²) in [5.74, 6) is 0.917. The summed E-state index contributed by atoms with van der Waals surface area (Å²) in [5, 5.41) is 0. The van der Waals surface area contributed by atoms with Gasteiger partial charge < -0.3 is 4.74 Å². The van der Waals surface area contributed by atoms with E-state index in [2.05, 4.69) is 6.58 Å². The van der Waals surface area contributed by atoms with E-state index in [1.807, 2.05) is 32.0 Å². The summed E-state index contributed by atoms with van der Waals surface area (Å²) in [6, 6.07) is 10.7. The molecule has 0 aliphatic rings. The number of hydrogen-bond donors (Lipinski definition) is 0. The van der Waals surface area contributed by atoms with E-state index in [4.69, 9.17) is 4.74 Å². The first-order valence-electron chi connectivity index (χ1n) is 5.77. The van der Waals surface area contributed by atoms with Gasteiger partial charge in [0.2, 0.25) is 0 Å². The monoisotopic (exact) mass is 242 g/mol. The fourth-order valence-electron chi connectivity index (χ4n) is 1.68. The van der Waals surface area contributed by atoms with E-state index in [0.29, 0.717) is 11.3 Å². The Balaban J connectivity index is 2.31. The predicted octanol–water partition coefficient (Wildman–Crippen LogP) is 4.88. The average Bonchev–Trinajstić information content (AvgIpc) is 2.34. The molecule has 0 amide bonds. The molecule has 1 nitrogen and oxygen atoms in total. The molecule has 0 atom stereocenters. The highest BCUT2D eigenvalue weighted by atomic mass is 19.1. The molecule has 0 spiro atoms. The van der Waals surface area contributed by atoms with Crippen LogP contribution in [-0.2, 0) is 0 Å². The van der Waals surface area contributed by atoms with Gasteiger partial charge in [0.25, 0.3) is 0 Å². The van der Waals surface area contributed by atoms with Gasteiger partial charge in [-0.1, -0.05) is 24.8 Å². The van der Waals surface area contributed by atoms with E-state index >= 15 is 0 Å². The highest BCUT2D eigenvalue weighted by Gasteiger charge is 2.05. The third-order valence-corrected chi connectivity index (χ3v) is 2.76. The standard InChI is InChI=1S/C16H15FO/c1-4-13-7-8-14(10-15(13)17)18-16-9-11(2)5-6-12(16)3/h4-10H,1H2,2-3H3. The van der Waals surface area contributed by atoms with Crippen molar-refractivity contribution in [1.82, 2.24) is 0 Å². The first-order chi connectivity index (χ1) is 8.60. The fourth-order valence-corrected chi connectivity index (χ4v) is 1.68. The van der Waals surface area contributed by atoms with Gasteiger partial charge in [0.15, 0.2) is 0 Å².